The van der Waals surface area contributed by atoms with E-state index < -0.39 is 6.04 Å². The van der Waals surface area contributed by atoms with Gasteiger partial charge in [0.05, 0.1) is 26.0 Å². The normalized spacial score (nSPS) is 25.8. The van der Waals surface area contributed by atoms with E-state index in [0.29, 0.717) is 45.0 Å². The van der Waals surface area contributed by atoms with Gasteiger partial charge in [-0.3, -0.25) is 14.6 Å². The fourth-order valence-electron chi connectivity index (χ4n) is 4.02. The van der Waals surface area contributed by atoms with Crippen LogP contribution in [0.3, 0.4) is 0 Å². The molecule has 4 rings (SSSR count). The highest BCUT2D eigenvalue weighted by Crippen LogP contribution is 2.29. The van der Waals surface area contributed by atoms with Gasteiger partial charge in [-0.1, -0.05) is 12.2 Å². The van der Waals surface area contributed by atoms with Crippen molar-refractivity contribution in [2.45, 2.75) is 31.4 Å². The molecule has 0 aromatic carbocycles. The lowest BCUT2D eigenvalue weighted by molar-refractivity contribution is -0.148. The van der Waals surface area contributed by atoms with Crippen LogP contribution in [0.1, 0.15) is 19.3 Å². The molecule has 3 heterocycles. The molecule has 0 spiro atoms. The lowest BCUT2D eigenvalue weighted by Crippen LogP contribution is -2.51. The summed E-state index contributed by atoms with van der Waals surface area (Å²) in [5.41, 5.74) is 0. The van der Waals surface area contributed by atoms with E-state index in [-0.39, 0.29) is 23.8 Å². The van der Waals surface area contributed by atoms with Crippen LogP contribution in [0.25, 0.3) is 0 Å². The van der Waals surface area contributed by atoms with Gasteiger partial charge in [-0.05, 0) is 25.0 Å². The molecule has 0 radical (unpaired) electrons. The van der Waals surface area contributed by atoms with Crippen LogP contribution in [0.2, 0.25) is 0 Å². The highest BCUT2D eigenvalue weighted by atomic mass is 16.5. The molecular formula is C20H25N3O4. The number of allylic oxidation sites excluding steroid dienone is 2. The van der Waals surface area contributed by atoms with E-state index in [1.54, 1.807) is 17.3 Å². The SMILES string of the molecule is O=C([C@@H]1C[C@H](Oc2cccnc2)CN1C(=O)C1CC=CC1)N1CCOCC1. The van der Waals surface area contributed by atoms with Crippen molar-refractivity contribution in [2.24, 2.45) is 5.92 Å². The number of carbonyl (C=O) groups excluding carboxylic acids is 2. The van der Waals surface area contributed by atoms with E-state index in [9.17, 15) is 9.59 Å². The van der Waals surface area contributed by atoms with E-state index >= 15 is 0 Å². The third-order valence-electron chi connectivity index (χ3n) is 5.45. The molecule has 2 aliphatic heterocycles. The van der Waals surface area contributed by atoms with Crippen LogP contribution < -0.4 is 4.74 Å². The fourth-order valence-corrected chi connectivity index (χ4v) is 4.02. The maximum Gasteiger partial charge on any atom is 0.245 e. The zero-order chi connectivity index (χ0) is 18.6. The number of pyridine rings is 1. The molecule has 0 saturated carbocycles. The Morgan fingerprint density at radius 2 is 1.93 bits per heavy atom. The highest BCUT2D eigenvalue weighted by Gasteiger charge is 2.44. The summed E-state index contributed by atoms with van der Waals surface area (Å²) in [5.74, 6) is 0.679. The summed E-state index contributed by atoms with van der Waals surface area (Å²) in [6.07, 6.45) is 9.24. The quantitative estimate of drug-likeness (QED) is 0.745. The molecule has 1 aromatic heterocycles. The molecule has 0 unspecified atom stereocenters. The van der Waals surface area contributed by atoms with Crippen molar-refractivity contribution >= 4 is 11.8 Å². The third kappa shape index (κ3) is 3.98. The number of aromatic nitrogens is 1. The second-order valence-electron chi connectivity index (χ2n) is 7.25. The molecule has 0 N–H and O–H groups in total. The number of nitrogens with zero attached hydrogens (tertiary/aromatic N) is 3. The number of amides is 2. The van der Waals surface area contributed by atoms with E-state index in [1.807, 2.05) is 29.2 Å². The first-order chi connectivity index (χ1) is 13.2. The van der Waals surface area contributed by atoms with Gasteiger partial charge in [-0.25, -0.2) is 0 Å². The van der Waals surface area contributed by atoms with Gasteiger partial charge >= 0.3 is 0 Å². The van der Waals surface area contributed by atoms with Crippen LogP contribution in [-0.4, -0.2) is 71.6 Å². The third-order valence-corrected chi connectivity index (χ3v) is 5.45. The summed E-state index contributed by atoms with van der Waals surface area (Å²) in [6.45, 7) is 2.70. The first-order valence-electron chi connectivity index (χ1n) is 9.61. The molecule has 144 valence electrons. The Hall–Kier alpha value is -2.41. The van der Waals surface area contributed by atoms with Crippen LogP contribution >= 0.6 is 0 Å². The van der Waals surface area contributed by atoms with Gasteiger partial charge in [0, 0.05) is 31.6 Å². The van der Waals surface area contributed by atoms with Crippen molar-refractivity contribution < 1.29 is 19.1 Å². The zero-order valence-electron chi connectivity index (χ0n) is 15.3. The van der Waals surface area contributed by atoms with Crippen molar-refractivity contribution in [3.63, 3.8) is 0 Å². The lowest BCUT2D eigenvalue weighted by Gasteiger charge is -2.33. The predicted molar refractivity (Wildman–Crippen MR) is 98.0 cm³/mol. The van der Waals surface area contributed by atoms with Crippen molar-refractivity contribution in [1.82, 2.24) is 14.8 Å². The average Bonchev–Trinajstić information content (AvgIpc) is 3.39. The topological polar surface area (TPSA) is 72.0 Å². The largest absolute Gasteiger partial charge is 0.487 e. The van der Waals surface area contributed by atoms with Crippen molar-refractivity contribution in [3.8, 4) is 5.75 Å². The number of ether oxygens (including phenoxy) is 2. The molecular weight excluding hydrogens is 346 g/mol. The Balaban J connectivity index is 1.49. The number of rotatable bonds is 4. The summed E-state index contributed by atoms with van der Waals surface area (Å²) < 4.78 is 11.4. The smallest absolute Gasteiger partial charge is 0.245 e. The Morgan fingerprint density at radius 1 is 1.15 bits per heavy atom. The van der Waals surface area contributed by atoms with Gasteiger partial charge in [-0.2, -0.15) is 0 Å². The highest BCUT2D eigenvalue weighted by molar-refractivity contribution is 5.89. The van der Waals surface area contributed by atoms with Gasteiger partial charge in [0.2, 0.25) is 11.8 Å². The van der Waals surface area contributed by atoms with Gasteiger partial charge in [0.15, 0.2) is 0 Å². The Morgan fingerprint density at radius 3 is 2.63 bits per heavy atom. The first-order valence-corrected chi connectivity index (χ1v) is 9.61. The lowest BCUT2D eigenvalue weighted by atomic mass is 10.0. The van der Waals surface area contributed by atoms with Crippen LogP contribution in [-0.2, 0) is 14.3 Å². The number of hydrogen-bond donors (Lipinski definition) is 0. The van der Waals surface area contributed by atoms with E-state index in [1.165, 1.54) is 0 Å². The Bertz CT molecular complexity index is 694. The summed E-state index contributed by atoms with van der Waals surface area (Å²) >= 11 is 0. The number of likely N-dealkylation sites (tertiary alicyclic amines) is 1. The fraction of sp³-hybridized carbons (Fsp3) is 0.550. The van der Waals surface area contributed by atoms with E-state index in [2.05, 4.69) is 4.98 Å². The summed E-state index contributed by atoms with van der Waals surface area (Å²) in [7, 11) is 0. The minimum absolute atomic E-state index is 0.00916. The number of hydrogen-bond acceptors (Lipinski definition) is 5. The predicted octanol–water partition coefficient (Wildman–Crippen LogP) is 1.25. The first kappa shape index (κ1) is 18.0. The van der Waals surface area contributed by atoms with Crippen molar-refractivity contribution in [2.75, 3.05) is 32.8 Å². The van der Waals surface area contributed by atoms with Crippen LogP contribution in [0.4, 0.5) is 0 Å². The Labute approximate surface area is 158 Å². The van der Waals surface area contributed by atoms with Crippen molar-refractivity contribution in [3.05, 3.63) is 36.7 Å². The van der Waals surface area contributed by atoms with E-state index in [4.69, 9.17) is 9.47 Å². The molecule has 2 fully saturated rings. The van der Waals surface area contributed by atoms with Gasteiger partial charge < -0.3 is 19.3 Å². The van der Waals surface area contributed by atoms with Gasteiger partial charge in [0.25, 0.3) is 0 Å². The number of morpholine rings is 1. The maximum absolute atomic E-state index is 13.1. The van der Waals surface area contributed by atoms with Gasteiger partial charge in [-0.15, -0.1) is 0 Å². The molecule has 27 heavy (non-hydrogen) atoms. The summed E-state index contributed by atoms with van der Waals surface area (Å²) in [5, 5.41) is 0. The summed E-state index contributed by atoms with van der Waals surface area (Å²) in [6, 6.07) is 3.20. The second kappa shape index (κ2) is 8.08. The van der Waals surface area contributed by atoms with E-state index in [0.717, 1.165) is 12.8 Å². The monoisotopic (exact) mass is 371 g/mol. The van der Waals surface area contributed by atoms with Crippen LogP contribution in [0.15, 0.2) is 36.7 Å². The maximum atomic E-state index is 13.1. The molecule has 1 aliphatic carbocycles. The minimum atomic E-state index is -0.460. The Kier molecular flexibility index (Phi) is 5.38. The molecule has 3 aliphatic rings. The standard InChI is InChI=1S/C20H25N3O4/c24-19(15-4-1-2-5-15)23-14-17(27-16-6-3-7-21-13-16)12-18(23)20(25)22-8-10-26-11-9-22/h1-3,6-7,13,15,17-18H,4-5,8-12,14H2/t17-,18-/m0/s1. The molecule has 7 heteroatoms. The molecule has 7 nitrogen and oxygen atoms in total. The van der Waals surface area contributed by atoms with Crippen LogP contribution in [0, 0.1) is 5.92 Å². The molecule has 2 saturated heterocycles. The average molecular weight is 371 g/mol. The molecule has 2 amide bonds. The minimum Gasteiger partial charge on any atom is -0.487 e. The summed E-state index contributed by atoms with van der Waals surface area (Å²) in [4.78, 5) is 33.8. The zero-order valence-corrected chi connectivity index (χ0v) is 15.3. The van der Waals surface area contributed by atoms with Crippen molar-refractivity contribution in [1.29, 1.82) is 0 Å². The molecule has 2 atom stereocenters. The molecule has 1 aromatic rings. The molecule has 0 bridgehead atoms. The van der Waals surface area contributed by atoms with Gasteiger partial charge in [0.1, 0.15) is 17.9 Å². The second-order valence-corrected chi connectivity index (χ2v) is 7.25. The van der Waals surface area contributed by atoms with Crippen LogP contribution in [0.5, 0.6) is 5.75 Å². The number of carbonyl (C=O) groups is 2.